The summed E-state index contributed by atoms with van der Waals surface area (Å²) in [6, 6.07) is 4.04. The van der Waals surface area contributed by atoms with Gasteiger partial charge in [0.25, 0.3) is 0 Å². The van der Waals surface area contributed by atoms with Crippen molar-refractivity contribution in [3.63, 3.8) is 0 Å². The number of anilines is 3. The van der Waals surface area contributed by atoms with Gasteiger partial charge in [0.1, 0.15) is 11.6 Å². The van der Waals surface area contributed by atoms with Crippen LogP contribution in [0.3, 0.4) is 0 Å². The predicted octanol–water partition coefficient (Wildman–Crippen LogP) is 1.84. The molecule has 1 N–H and O–H groups in total. The van der Waals surface area contributed by atoms with Gasteiger partial charge in [-0.1, -0.05) is 6.07 Å². The van der Waals surface area contributed by atoms with E-state index in [0.717, 1.165) is 54.6 Å². The van der Waals surface area contributed by atoms with Crippen LogP contribution in [0.25, 0.3) is 0 Å². The first-order valence-electron chi connectivity index (χ1n) is 9.57. The van der Waals surface area contributed by atoms with Gasteiger partial charge in [-0.05, 0) is 19.9 Å². The van der Waals surface area contributed by atoms with E-state index in [9.17, 15) is 4.79 Å². The van der Waals surface area contributed by atoms with Crippen molar-refractivity contribution >= 4 is 23.5 Å². The maximum Gasteiger partial charge on any atom is 0.227 e. The van der Waals surface area contributed by atoms with Crippen LogP contribution in [-0.4, -0.2) is 66.0 Å². The van der Waals surface area contributed by atoms with E-state index in [0.29, 0.717) is 12.5 Å². The van der Waals surface area contributed by atoms with Crippen LogP contribution in [0.2, 0.25) is 0 Å². The van der Waals surface area contributed by atoms with Gasteiger partial charge in [0, 0.05) is 76.8 Å². The molecule has 0 spiro atoms. The summed E-state index contributed by atoms with van der Waals surface area (Å²) < 4.78 is 0. The Morgan fingerprint density at radius 1 is 1.18 bits per heavy atom. The van der Waals surface area contributed by atoms with E-state index in [-0.39, 0.29) is 5.91 Å². The molecule has 3 heterocycles. The van der Waals surface area contributed by atoms with Crippen LogP contribution in [0.5, 0.6) is 0 Å². The molecule has 0 aliphatic carbocycles. The molecule has 1 amide bonds. The topological polar surface area (TPSA) is 77.5 Å². The molecular weight excluding hydrogens is 354 g/mol. The molecule has 1 saturated heterocycles. The van der Waals surface area contributed by atoms with Crippen molar-refractivity contribution in [3.05, 3.63) is 35.2 Å². The molecule has 0 radical (unpaired) electrons. The van der Waals surface area contributed by atoms with Crippen LogP contribution in [0, 0.1) is 13.8 Å². The Morgan fingerprint density at radius 3 is 2.54 bits per heavy atom. The number of hydrogen-bond donors (Lipinski definition) is 1. The Labute approximate surface area is 166 Å². The van der Waals surface area contributed by atoms with E-state index in [4.69, 9.17) is 0 Å². The lowest BCUT2D eigenvalue weighted by molar-refractivity contribution is -0.129. The Kier molecular flexibility index (Phi) is 5.96. The number of nitrogens with zero attached hydrogens (tertiary/aromatic N) is 6. The van der Waals surface area contributed by atoms with Crippen molar-refractivity contribution < 1.29 is 4.79 Å². The number of rotatable bonds is 5. The van der Waals surface area contributed by atoms with Gasteiger partial charge in [-0.15, -0.1) is 0 Å². The number of carbonyl (C=O) groups excluding carboxylic acids is 1. The highest BCUT2D eigenvalue weighted by Gasteiger charge is 2.21. The lowest BCUT2D eigenvalue weighted by atomic mass is 10.2. The second-order valence-corrected chi connectivity index (χ2v) is 7.31. The van der Waals surface area contributed by atoms with Gasteiger partial charge < -0.3 is 20.0 Å². The van der Waals surface area contributed by atoms with Crippen molar-refractivity contribution in [1.82, 2.24) is 19.9 Å². The smallest absolute Gasteiger partial charge is 0.227 e. The summed E-state index contributed by atoms with van der Waals surface area (Å²) >= 11 is 0. The number of aryl methyl sites for hydroxylation is 1. The summed E-state index contributed by atoms with van der Waals surface area (Å²) in [7, 11) is 3.88. The van der Waals surface area contributed by atoms with E-state index in [1.807, 2.05) is 50.0 Å². The number of pyridine rings is 1. The normalized spacial score (nSPS) is 14.2. The summed E-state index contributed by atoms with van der Waals surface area (Å²) in [4.78, 5) is 31.4. The largest absolute Gasteiger partial charge is 0.365 e. The van der Waals surface area contributed by atoms with Crippen LogP contribution >= 0.6 is 0 Å². The molecule has 0 atom stereocenters. The molecule has 0 bridgehead atoms. The molecule has 0 unspecified atom stereocenters. The van der Waals surface area contributed by atoms with Crippen LogP contribution in [0.4, 0.5) is 17.6 Å². The zero-order valence-electron chi connectivity index (χ0n) is 17.4. The highest BCUT2D eigenvalue weighted by atomic mass is 16.2. The first-order chi connectivity index (χ1) is 13.4. The molecule has 3 rings (SSSR count). The molecule has 150 valence electrons. The third kappa shape index (κ3) is 4.32. The molecular formula is C20H29N7O. The number of carbonyl (C=O) groups is 1. The Balaban J connectivity index is 1.75. The fourth-order valence-electron chi connectivity index (χ4n) is 3.25. The molecule has 0 aromatic carbocycles. The predicted molar refractivity (Wildman–Crippen MR) is 112 cm³/mol. The number of amides is 1. The maximum absolute atomic E-state index is 11.6. The van der Waals surface area contributed by atoms with Gasteiger partial charge in [-0.3, -0.25) is 4.79 Å². The molecule has 8 heteroatoms. The Bertz CT molecular complexity index is 844. The van der Waals surface area contributed by atoms with Crippen LogP contribution in [-0.2, 0) is 11.3 Å². The van der Waals surface area contributed by atoms with Gasteiger partial charge in [0.2, 0.25) is 11.9 Å². The minimum atomic E-state index is 0.133. The lowest BCUT2D eigenvalue weighted by Gasteiger charge is -2.35. The van der Waals surface area contributed by atoms with E-state index >= 15 is 0 Å². The number of aromatic nitrogens is 3. The fraction of sp³-hybridized carbons (Fsp3) is 0.500. The first-order valence-corrected chi connectivity index (χ1v) is 9.57. The zero-order valence-corrected chi connectivity index (χ0v) is 17.4. The minimum absolute atomic E-state index is 0.133. The fourth-order valence-corrected chi connectivity index (χ4v) is 3.25. The van der Waals surface area contributed by atoms with Gasteiger partial charge in [0.15, 0.2) is 0 Å². The van der Waals surface area contributed by atoms with Crippen molar-refractivity contribution in [2.75, 3.05) is 55.4 Å². The molecule has 1 fully saturated rings. The second-order valence-electron chi connectivity index (χ2n) is 7.31. The second kappa shape index (κ2) is 8.41. The molecule has 1 aliphatic rings. The monoisotopic (exact) mass is 383 g/mol. The van der Waals surface area contributed by atoms with Crippen LogP contribution in [0.1, 0.15) is 23.7 Å². The summed E-state index contributed by atoms with van der Waals surface area (Å²) in [5.74, 6) is 2.63. The third-order valence-corrected chi connectivity index (χ3v) is 5.12. The Hall–Kier alpha value is -2.90. The van der Waals surface area contributed by atoms with Crippen molar-refractivity contribution in [2.24, 2.45) is 0 Å². The minimum Gasteiger partial charge on any atom is -0.365 e. The zero-order chi connectivity index (χ0) is 20.3. The van der Waals surface area contributed by atoms with E-state index in [1.54, 1.807) is 6.92 Å². The molecule has 2 aromatic rings. The van der Waals surface area contributed by atoms with Gasteiger partial charge in [-0.25, -0.2) is 9.97 Å². The standard InChI is InChI=1S/C20H29N7O/c1-14-15(2)23-20(25(4)5)24-18(14)22-13-17-7-6-8-21-19(17)27-11-9-26(10-12-27)16(3)28/h6-8H,9-13H2,1-5H3,(H,22,23,24). The van der Waals surface area contributed by atoms with E-state index in [2.05, 4.69) is 31.2 Å². The van der Waals surface area contributed by atoms with Gasteiger partial charge in [-0.2, -0.15) is 4.98 Å². The average molecular weight is 384 g/mol. The summed E-state index contributed by atoms with van der Waals surface area (Å²) in [5, 5.41) is 3.46. The highest BCUT2D eigenvalue weighted by Crippen LogP contribution is 2.23. The maximum atomic E-state index is 11.6. The number of piperazine rings is 1. The first kappa shape index (κ1) is 19.9. The van der Waals surface area contributed by atoms with Crippen molar-refractivity contribution in [2.45, 2.75) is 27.3 Å². The summed E-state index contributed by atoms with van der Waals surface area (Å²) in [5.41, 5.74) is 3.12. The molecule has 1 aliphatic heterocycles. The van der Waals surface area contributed by atoms with Crippen LogP contribution in [0.15, 0.2) is 18.3 Å². The summed E-state index contributed by atoms with van der Waals surface area (Å²) in [6.07, 6.45) is 1.82. The molecule has 28 heavy (non-hydrogen) atoms. The molecule has 2 aromatic heterocycles. The van der Waals surface area contributed by atoms with Crippen molar-refractivity contribution in [3.8, 4) is 0 Å². The van der Waals surface area contributed by atoms with E-state index < -0.39 is 0 Å². The number of hydrogen-bond acceptors (Lipinski definition) is 7. The van der Waals surface area contributed by atoms with Crippen LogP contribution < -0.4 is 15.1 Å². The lowest BCUT2D eigenvalue weighted by Crippen LogP contribution is -2.48. The quantitative estimate of drug-likeness (QED) is 0.844. The van der Waals surface area contributed by atoms with Gasteiger partial charge in [0.05, 0.1) is 0 Å². The third-order valence-electron chi connectivity index (χ3n) is 5.12. The van der Waals surface area contributed by atoms with E-state index in [1.165, 1.54) is 0 Å². The number of nitrogens with one attached hydrogen (secondary N) is 1. The average Bonchev–Trinajstić information content (AvgIpc) is 2.69. The summed E-state index contributed by atoms with van der Waals surface area (Å²) in [6.45, 7) is 9.33. The highest BCUT2D eigenvalue weighted by molar-refractivity contribution is 5.73. The molecule has 0 saturated carbocycles. The van der Waals surface area contributed by atoms with Crippen molar-refractivity contribution in [1.29, 1.82) is 0 Å². The Morgan fingerprint density at radius 2 is 1.89 bits per heavy atom. The SMILES string of the molecule is CC(=O)N1CCN(c2ncccc2CNc2nc(N(C)C)nc(C)c2C)CC1. The molecule has 8 nitrogen and oxygen atoms in total. The van der Waals surface area contributed by atoms with Gasteiger partial charge >= 0.3 is 0 Å².